The first-order valence-corrected chi connectivity index (χ1v) is 7.49. The van der Waals surface area contributed by atoms with Crippen LogP contribution in [-0.4, -0.2) is 44.4 Å². The average Bonchev–Trinajstić information content (AvgIpc) is 3.09. The number of imidazole rings is 1. The Morgan fingerprint density at radius 3 is 2.20 bits per heavy atom. The van der Waals surface area contributed by atoms with Crippen LogP contribution in [0.25, 0.3) is 22.4 Å². The van der Waals surface area contributed by atoms with Crippen LogP contribution in [0.3, 0.4) is 0 Å². The van der Waals surface area contributed by atoms with Gasteiger partial charge >= 0.3 is 5.97 Å². The molecule has 0 aliphatic carbocycles. The lowest BCUT2D eigenvalue weighted by Gasteiger charge is -2.13. The summed E-state index contributed by atoms with van der Waals surface area (Å²) in [6.45, 7) is 0. The number of carbonyl (C=O) groups excluding carboxylic acids is 1. The molecule has 1 N–H and O–H groups in total. The highest BCUT2D eigenvalue weighted by molar-refractivity contribution is 5.94. The molecule has 1 heterocycles. The monoisotopic (exact) mass is 342 g/mol. The summed E-state index contributed by atoms with van der Waals surface area (Å²) < 4.78 is 20.8. The number of hydrogen-bond acceptors (Lipinski definition) is 6. The molecule has 7 heteroatoms. The number of benzene rings is 2. The van der Waals surface area contributed by atoms with E-state index in [1.807, 2.05) is 0 Å². The number of ether oxygens (including phenoxy) is 4. The zero-order valence-corrected chi connectivity index (χ0v) is 14.4. The molecule has 7 nitrogen and oxygen atoms in total. The van der Waals surface area contributed by atoms with Gasteiger partial charge in [-0.15, -0.1) is 0 Å². The lowest BCUT2D eigenvalue weighted by atomic mass is 10.1. The molecule has 0 saturated heterocycles. The summed E-state index contributed by atoms with van der Waals surface area (Å²) in [5.41, 5.74) is 2.68. The van der Waals surface area contributed by atoms with E-state index in [9.17, 15) is 4.79 Å². The zero-order chi connectivity index (χ0) is 18.0. The lowest BCUT2D eigenvalue weighted by Crippen LogP contribution is -2.00. The first-order valence-electron chi connectivity index (χ1n) is 7.49. The Bertz CT molecular complexity index is 907. The minimum Gasteiger partial charge on any atom is -0.493 e. The van der Waals surface area contributed by atoms with Crippen molar-refractivity contribution in [3.63, 3.8) is 0 Å². The minimum atomic E-state index is -0.397. The number of aromatic nitrogens is 2. The maximum atomic E-state index is 11.7. The van der Waals surface area contributed by atoms with Crippen molar-refractivity contribution in [2.24, 2.45) is 0 Å². The van der Waals surface area contributed by atoms with E-state index in [4.69, 9.17) is 18.9 Å². The summed E-state index contributed by atoms with van der Waals surface area (Å²) in [7, 11) is 6.01. The molecule has 0 spiro atoms. The molecule has 25 heavy (non-hydrogen) atoms. The van der Waals surface area contributed by atoms with E-state index >= 15 is 0 Å². The van der Waals surface area contributed by atoms with Crippen LogP contribution in [0.5, 0.6) is 17.2 Å². The fourth-order valence-electron chi connectivity index (χ4n) is 2.61. The molecule has 0 atom stereocenters. The molecule has 0 amide bonds. The number of fused-ring (bicyclic) bond motifs is 1. The predicted octanol–water partition coefficient (Wildman–Crippen LogP) is 3.04. The van der Waals surface area contributed by atoms with E-state index in [0.29, 0.717) is 28.6 Å². The second-order valence-electron chi connectivity index (χ2n) is 5.22. The van der Waals surface area contributed by atoms with Gasteiger partial charge in [0.2, 0.25) is 5.75 Å². The van der Waals surface area contributed by atoms with Crippen LogP contribution in [0.4, 0.5) is 0 Å². The predicted molar refractivity (Wildman–Crippen MR) is 92.5 cm³/mol. The molecule has 130 valence electrons. The van der Waals surface area contributed by atoms with Crippen LogP contribution < -0.4 is 14.2 Å². The molecule has 0 radical (unpaired) electrons. The first-order chi connectivity index (χ1) is 12.1. The molecule has 0 bridgehead atoms. The van der Waals surface area contributed by atoms with E-state index in [1.54, 1.807) is 51.7 Å². The van der Waals surface area contributed by atoms with Crippen molar-refractivity contribution >= 4 is 17.0 Å². The van der Waals surface area contributed by atoms with Gasteiger partial charge in [-0.2, -0.15) is 0 Å². The number of aromatic amines is 1. The average molecular weight is 342 g/mol. The van der Waals surface area contributed by atoms with Crippen molar-refractivity contribution < 1.29 is 23.7 Å². The van der Waals surface area contributed by atoms with Gasteiger partial charge in [-0.05, 0) is 30.3 Å². The Labute approximate surface area is 144 Å². The Morgan fingerprint density at radius 2 is 1.64 bits per heavy atom. The van der Waals surface area contributed by atoms with Crippen molar-refractivity contribution in [3.05, 3.63) is 35.9 Å². The standard InChI is InChI=1S/C18H18N2O5/c1-22-14-8-11(9-15(23-2)16(14)24-3)17-19-12-6-5-10(18(21)25-4)7-13(12)20-17/h5-9H,1-4H3,(H,19,20). The van der Waals surface area contributed by atoms with E-state index in [0.717, 1.165) is 16.6 Å². The van der Waals surface area contributed by atoms with Crippen molar-refractivity contribution in [1.29, 1.82) is 0 Å². The maximum Gasteiger partial charge on any atom is 0.337 e. The molecular weight excluding hydrogens is 324 g/mol. The normalized spacial score (nSPS) is 10.6. The van der Waals surface area contributed by atoms with Gasteiger partial charge in [0.15, 0.2) is 11.5 Å². The second-order valence-corrected chi connectivity index (χ2v) is 5.22. The Morgan fingerprint density at radius 1 is 0.960 bits per heavy atom. The SMILES string of the molecule is COC(=O)c1ccc2nc(-c3cc(OC)c(OC)c(OC)c3)[nH]c2c1. The quantitative estimate of drug-likeness (QED) is 0.718. The number of methoxy groups -OCH3 is 4. The molecule has 3 rings (SSSR count). The van der Waals surface area contributed by atoms with Crippen LogP contribution in [0, 0.1) is 0 Å². The third-order valence-corrected chi connectivity index (χ3v) is 3.84. The van der Waals surface area contributed by atoms with Crippen molar-refractivity contribution in [1.82, 2.24) is 9.97 Å². The van der Waals surface area contributed by atoms with Crippen LogP contribution in [0.1, 0.15) is 10.4 Å². The molecule has 0 aliphatic rings. The summed E-state index contributed by atoms with van der Waals surface area (Å²) in [6.07, 6.45) is 0. The molecule has 0 fully saturated rings. The number of nitrogens with zero attached hydrogens (tertiary/aromatic N) is 1. The molecular formula is C18H18N2O5. The first kappa shape index (κ1) is 16.6. The van der Waals surface area contributed by atoms with E-state index in [-0.39, 0.29) is 0 Å². The van der Waals surface area contributed by atoms with E-state index < -0.39 is 5.97 Å². The number of nitrogens with one attached hydrogen (secondary N) is 1. The smallest absolute Gasteiger partial charge is 0.337 e. The number of carbonyl (C=O) groups is 1. The summed E-state index contributed by atoms with van der Waals surface area (Å²) in [6, 6.07) is 8.75. The third kappa shape index (κ3) is 2.96. The fraction of sp³-hybridized carbons (Fsp3) is 0.222. The van der Waals surface area contributed by atoms with Crippen LogP contribution in [-0.2, 0) is 4.74 Å². The molecule has 0 unspecified atom stereocenters. The molecule has 1 aromatic heterocycles. The largest absolute Gasteiger partial charge is 0.493 e. The summed E-state index contributed by atoms with van der Waals surface area (Å²) >= 11 is 0. The summed E-state index contributed by atoms with van der Waals surface area (Å²) in [5.74, 6) is 1.81. The highest BCUT2D eigenvalue weighted by atomic mass is 16.5. The van der Waals surface area contributed by atoms with Crippen molar-refractivity contribution in [2.45, 2.75) is 0 Å². The molecule has 3 aromatic rings. The van der Waals surface area contributed by atoms with Gasteiger partial charge in [-0.3, -0.25) is 0 Å². The fourth-order valence-corrected chi connectivity index (χ4v) is 2.61. The van der Waals surface area contributed by atoms with Crippen LogP contribution >= 0.6 is 0 Å². The highest BCUT2D eigenvalue weighted by Gasteiger charge is 2.16. The van der Waals surface area contributed by atoms with E-state index in [2.05, 4.69) is 9.97 Å². The van der Waals surface area contributed by atoms with Gasteiger partial charge in [-0.1, -0.05) is 0 Å². The topological polar surface area (TPSA) is 82.7 Å². The second kappa shape index (κ2) is 6.72. The Balaban J connectivity index is 2.11. The van der Waals surface area contributed by atoms with Gasteiger partial charge in [0, 0.05) is 5.56 Å². The number of hydrogen-bond donors (Lipinski definition) is 1. The number of esters is 1. The number of H-pyrrole nitrogens is 1. The van der Waals surface area contributed by atoms with Gasteiger partial charge in [0.1, 0.15) is 5.82 Å². The maximum absolute atomic E-state index is 11.7. The zero-order valence-electron chi connectivity index (χ0n) is 14.4. The van der Waals surface area contributed by atoms with E-state index in [1.165, 1.54) is 7.11 Å². The summed E-state index contributed by atoms with van der Waals surface area (Å²) in [4.78, 5) is 19.4. The third-order valence-electron chi connectivity index (χ3n) is 3.84. The van der Waals surface area contributed by atoms with Crippen molar-refractivity contribution in [3.8, 4) is 28.6 Å². The van der Waals surface area contributed by atoms with Gasteiger partial charge in [0.25, 0.3) is 0 Å². The number of rotatable bonds is 5. The lowest BCUT2D eigenvalue weighted by molar-refractivity contribution is 0.0601. The van der Waals surface area contributed by atoms with Crippen LogP contribution in [0.2, 0.25) is 0 Å². The Hall–Kier alpha value is -3.22. The Kier molecular flexibility index (Phi) is 4.47. The molecule has 0 saturated carbocycles. The van der Waals surface area contributed by atoms with Gasteiger partial charge in [-0.25, -0.2) is 9.78 Å². The molecule has 2 aromatic carbocycles. The molecule has 0 aliphatic heterocycles. The van der Waals surface area contributed by atoms with Crippen molar-refractivity contribution in [2.75, 3.05) is 28.4 Å². The highest BCUT2D eigenvalue weighted by Crippen LogP contribution is 2.40. The van der Waals surface area contributed by atoms with Gasteiger partial charge in [0.05, 0.1) is 45.0 Å². The minimum absolute atomic E-state index is 0.397. The summed E-state index contributed by atoms with van der Waals surface area (Å²) in [5, 5.41) is 0. The van der Waals surface area contributed by atoms with Crippen LogP contribution in [0.15, 0.2) is 30.3 Å². The van der Waals surface area contributed by atoms with Gasteiger partial charge < -0.3 is 23.9 Å².